The van der Waals surface area contributed by atoms with Gasteiger partial charge in [0, 0.05) is 12.6 Å². The van der Waals surface area contributed by atoms with E-state index in [9.17, 15) is 9.59 Å². The smallest absolute Gasteiger partial charge is 0.239 e. The van der Waals surface area contributed by atoms with Crippen molar-refractivity contribution < 1.29 is 9.59 Å². The number of nitrogens with zero attached hydrogens (tertiary/aromatic N) is 3. The zero-order valence-corrected chi connectivity index (χ0v) is 13.2. The van der Waals surface area contributed by atoms with E-state index in [1.165, 1.54) is 11.8 Å². The Hall–Kier alpha value is -1.57. The molecule has 1 saturated carbocycles. The molecule has 21 heavy (non-hydrogen) atoms. The van der Waals surface area contributed by atoms with Crippen molar-refractivity contribution in [3.8, 4) is 0 Å². The molecule has 1 fully saturated rings. The Morgan fingerprint density at radius 1 is 1.29 bits per heavy atom. The topological polar surface area (TPSA) is 88.9 Å². The van der Waals surface area contributed by atoms with Gasteiger partial charge in [-0.25, -0.2) is 0 Å². The Kier molecular flexibility index (Phi) is 5.60. The summed E-state index contributed by atoms with van der Waals surface area (Å²) in [5.41, 5.74) is 0. The summed E-state index contributed by atoms with van der Waals surface area (Å²) >= 11 is 1.36. The van der Waals surface area contributed by atoms with E-state index < -0.39 is 0 Å². The Morgan fingerprint density at radius 2 is 2.05 bits per heavy atom. The van der Waals surface area contributed by atoms with Crippen LogP contribution in [0.1, 0.15) is 38.1 Å². The molecule has 1 heterocycles. The first kappa shape index (κ1) is 15.8. The predicted octanol–water partition coefficient (Wildman–Crippen LogP) is 0.656. The molecule has 1 aliphatic rings. The highest BCUT2D eigenvalue weighted by atomic mass is 32.2. The summed E-state index contributed by atoms with van der Waals surface area (Å²) in [6.07, 6.45) is 3.18. The van der Waals surface area contributed by atoms with Gasteiger partial charge in [0.05, 0.1) is 12.3 Å². The molecule has 116 valence electrons. The van der Waals surface area contributed by atoms with Crippen LogP contribution in [0.4, 0.5) is 0 Å². The molecule has 0 aromatic carbocycles. The zero-order valence-electron chi connectivity index (χ0n) is 12.4. The summed E-state index contributed by atoms with van der Waals surface area (Å²) in [7, 11) is 0. The molecule has 2 rings (SSSR count). The van der Waals surface area contributed by atoms with Crippen LogP contribution in [0.25, 0.3) is 0 Å². The van der Waals surface area contributed by atoms with Crippen LogP contribution >= 0.6 is 11.8 Å². The quantitative estimate of drug-likeness (QED) is 0.688. The van der Waals surface area contributed by atoms with Gasteiger partial charge in [0.25, 0.3) is 0 Å². The molecule has 7 nitrogen and oxygen atoms in total. The molecule has 0 aliphatic heterocycles. The number of nitrogens with one attached hydrogen (secondary N) is 2. The van der Waals surface area contributed by atoms with Gasteiger partial charge in [-0.15, -0.1) is 10.2 Å². The minimum Gasteiger partial charge on any atom is -0.355 e. The highest BCUT2D eigenvalue weighted by Gasteiger charge is 2.28. The molecule has 2 amide bonds. The van der Waals surface area contributed by atoms with Crippen LogP contribution in [0, 0.1) is 6.92 Å². The van der Waals surface area contributed by atoms with Crippen molar-refractivity contribution in [3.63, 3.8) is 0 Å². The van der Waals surface area contributed by atoms with Gasteiger partial charge in [-0.1, -0.05) is 18.7 Å². The van der Waals surface area contributed by atoms with Gasteiger partial charge in [0.2, 0.25) is 11.8 Å². The van der Waals surface area contributed by atoms with Gasteiger partial charge in [-0.05, 0) is 26.2 Å². The normalized spacial score (nSPS) is 14.0. The molecule has 0 atom stereocenters. The number of aromatic nitrogens is 3. The van der Waals surface area contributed by atoms with Crippen molar-refractivity contribution in [3.05, 3.63) is 5.82 Å². The lowest BCUT2D eigenvalue weighted by Crippen LogP contribution is -2.37. The molecule has 0 bridgehead atoms. The van der Waals surface area contributed by atoms with E-state index in [0.29, 0.717) is 12.6 Å². The second-order valence-corrected chi connectivity index (χ2v) is 5.99. The minimum absolute atomic E-state index is 0.0216. The average Bonchev–Trinajstić information content (AvgIpc) is 3.24. The molecular formula is C13H21N5O2S. The van der Waals surface area contributed by atoms with Gasteiger partial charge < -0.3 is 15.2 Å². The minimum atomic E-state index is -0.172. The number of thioether (sulfide) groups is 1. The lowest BCUT2D eigenvalue weighted by molar-refractivity contribution is -0.124. The van der Waals surface area contributed by atoms with Gasteiger partial charge in [-0.3, -0.25) is 9.59 Å². The van der Waals surface area contributed by atoms with E-state index in [1.54, 1.807) is 0 Å². The number of carbonyl (C=O) groups excluding carboxylic acids is 2. The third-order valence-electron chi connectivity index (χ3n) is 3.10. The third-order valence-corrected chi connectivity index (χ3v) is 4.04. The largest absolute Gasteiger partial charge is 0.355 e. The van der Waals surface area contributed by atoms with Crippen LogP contribution in [0.3, 0.4) is 0 Å². The Labute approximate surface area is 128 Å². The highest BCUT2D eigenvalue weighted by molar-refractivity contribution is 7.99. The molecule has 1 aliphatic carbocycles. The number of aryl methyl sites for hydroxylation is 1. The van der Waals surface area contributed by atoms with Crippen molar-refractivity contribution in [1.29, 1.82) is 0 Å². The van der Waals surface area contributed by atoms with Crippen LogP contribution in [-0.4, -0.2) is 45.4 Å². The monoisotopic (exact) mass is 311 g/mol. The molecule has 0 saturated heterocycles. The summed E-state index contributed by atoms with van der Waals surface area (Å²) in [6.45, 7) is 4.56. The molecule has 0 unspecified atom stereocenters. The van der Waals surface area contributed by atoms with Crippen LogP contribution < -0.4 is 10.6 Å². The number of hydrogen-bond donors (Lipinski definition) is 2. The van der Waals surface area contributed by atoms with E-state index in [1.807, 2.05) is 13.8 Å². The molecular weight excluding hydrogens is 290 g/mol. The lowest BCUT2D eigenvalue weighted by Gasteiger charge is -2.07. The van der Waals surface area contributed by atoms with Crippen molar-refractivity contribution in [2.24, 2.45) is 0 Å². The maximum Gasteiger partial charge on any atom is 0.239 e. The third kappa shape index (κ3) is 4.73. The van der Waals surface area contributed by atoms with Crippen LogP contribution in [0.5, 0.6) is 0 Å². The molecule has 0 radical (unpaired) electrons. The van der Waals surface area contributed by atoms with Crippen molar-refractivity contribution in [2.45, 2.75) is 44.3 Å². The summed E-state index contributed by atoms with van der Waals surface area (Å²) in [4.78, 5) is 23.1. The average molecular weight is 311 g/mol. The van der Waals surface area contributed by atoms with E-state index in [-0.39, 0.29) is 24.1 Å². The second kappa shape index (κ2) is 7.44. The number of rotatable bonds is 8. The maximum absolute atomic E-state index is 11.7. The van der Waals surface area contributed by atoms with Gasteiger partial charge >= 0.3 is 0 Å². The summed E-state index contributed by atoms with van der Waals surface area (Å²) in [5.74, 6) is 0.799. The lowest BCUT2D eigenvalue weighted by atomic mass is 10.4. The first-order chi connectivity index (χ1) is 10.1. The fourth-order valence-electron chi connectivity index (χ4n) is 1.89. The predicted molar refractivity (Wildman–Crippen MR) is 80.1 cm³/mol. The van der Waals surface area contributed by atoms with Crippen molar-refractivity contribution in [2.75, 3.05) is 18.8 Å². The Bertz CT molecular complexity index is 513. The van der Waals surface area contributed by atoms with Crippen molar-refractivity contribution >= 4 is 23.6 Å². The van der Waals surface area contributed by atoms with Gasteiger partial charge in [0.1, 0.15) is 5.82 Å². The Morgan fingerprint density at radius 3 is 2.71 bits per heavy atom. The molecule has 1 aromatic heterocycles. The molecule has 2 N–H and O–H groups in total. The summed E-state index contributed by atoms with van der Waals surface area (Å²) < 4.78 is 2.09. The molecule has 1 aromatic rings. The van der Waals surface area contributed by atoms with E-state index >= 15 is 0 Å². The Balaban J connectivity index is 1.73. The fourth-order valence-corrected chi connectivity index (χ4v) is 2.77. The second-order valence-electron chi connectivity index (χ2n) is 5.05. The fraction of sp³-hybridized carbons (Fsp3) is 0.692. The number of amides is 2. The van der Waals surface area contributed by atoms with E-state index in [4.69, 9.17) is 0 Å². The van der Waals surface area contributed by atoms with Crippen molar-refractivity contribution in [1.82, 2.24) is 25.4 Å². The molecule has 0 spiro atoms. The van der Waals surface area contributed by atoms with Crippen LogP contribution in [-0.2, 0) is 9.59 Å². The maximum atomic E-state index is 11.7. The van der Waals surface area contributed by atoms with Gasteiger partial charge in [0.15, 0.2) is 5.16 Å². The van der Waals surface area contributed by atoms with E-state index in [0.717, 1.165) is 30.2 Å². The highest BCUT2D eigenvalue weighted by Crippen LogP contribution is 2.38. The van der Waals surface area contributed by atoms with Gasteiger partial charge in [-0.2, -0.15) is 0 Å². The number of hydrogen-bond acceptors (Lipinski definition) is 5. The SMILES string of the molecule is CCCNC(=O)CNC(=O)CSc1nnc(C)n1C1CC1. The first-order valence-electron chi connectivity index (χ1n) is 7.19. The van der Waals surface area contributed by atoms with Crippen LogP contribution in [0.15, 0.2) is 5.16 Å². The summed E-state index contributed by atoms with van der Waals surface area (Å²) in [5, 5.41) is 14.3. The summed E-state index contributed by atoms with van der Waals surface area (Å²) in [6, 6.07) is 0.491. The zero-order chi connectivity index (χ0) is 15.2. The number of carbonyl (C=O) groups is 2. The first-order valence-corrected chi connectivity index (χ1v) is 8.18. The molecule has 8 heteroatoms. The van der Waals surface area contributed by atoms with Crippen LogP contribution in [0.2, 0.25) is 0 Å². The standard InChI is InChI=1S/C13H21N5O2S/c1-3-6-14-11(19)7-15-12(20)8-21-13-17-16-9(2)18(13)10-4-5-10/h10H,3-8H2,1-2H3,(H,14,19)(H,15,20). The van der Waals surface area contributed by atoms with E-state index in [2.05, 4.69) is 25.4 Å².